The third-order valence-electron chi connectivity index (χ3n) is 12.5. The van der Waals surface area contributed by atoms with Crippen molar-refractivity contribution in [2.24, 2.45) is 0 Å². The van der Waals surface area contributed by atoms with Gasteiger partial charge in [-0.15, -0.1) is 0 Å². The van der Waals surface area contributed by atoms with Crippen molar-refractivity contribution < 1.29 is 4.42 Å². The molecule has 2 nitrogen and oxygen atoms in total. The number of fused-ring (bicyclic) bond motifs is 10. The topological polar surface area (TPSA) is 16.4 Å². The Kier molecular flexibility index (Phi) is 6.39. The Labute approximate surface area is 315 Å². The summed E-state index contributed by atoms with van der Waals surface area (Å²) in [5.74, 6) is 0. The first-order valence-corrected chi connectivity index (χ1v) is 19.0. The fourth-order valence-electron chi connectivity index (χ4n) is 9.99. The predicted octanol–water partition coefficient (Wildman–Crippen LogP) is 14.5. The van der Waals surface area contributed by atoms with Gasteiger partial charge in [0.05, 0.1) is 22.4 Å². The Morgan fingerprint density at radius 2 is 1.00 bits per heavy atom. The van der Waals surface area contributed by atoms with Crippen LogP contribution in [-0.2, 0) is 10.8 Å². The molecule has 2 aliphatic carbocycles. The van der Waals surface area contributed by atoms with Crippen molar-refractivity contribution in [2.75, 3.05) is 4.90 Å². The number of hydrogen-bond donors (Lipinski definition) is 0. The van der Waals surface area contributed by atoms with Gasteiger partial charge in [0.15, 0.2) is 0 Å². The maximum atomic E-state index is 6.99. The monoisotopic (exact) mass is 693 g/mol. The molecule has 9 aromatic rings. The van der Waals surface area contributed by atoms with Crippen molar-refractivity contribution in [1.82, 2.24) is 0 Å². The molecule has 0 saturated heterocycles. The zero-order chi connectivity index (χ0) is 36.3. The van der Waals surface area contributed by atoms with Gasteiger partial charge in [-0.25, -0.2) is 0 Å². The van der Waals surface area contributed by atoms with Crippen LogP contribution in [0.25, 0.3) is 66.1 Å². The molecule has 2 heteroatoms. The third-order valence-corrected chi connectivity index (χ3v) is 12.5. The highest BCUT2D eigenvalue weighted by atomic mass is 16.3. The third kappa shape index (κ3) is 4.11. The van der Waals surface area contributed by atoms with Crippen molar-refractivity contribution in [2.45, 2.75) is 38.5 Å². The Morgan fingerprint density at radius 1 is 0.407 bits per heavy atom. The maximum Gasteiger partial charge on any atom is 0.145 e. The summed E-state index contributed by atoms with van der Waals surface area (Å²) >= 11 is 0. The fourth-order valence-corrected chi connectivity index (χ4v) is 9.99. The molecule has 0 fully saturated rings. The van der Waals surface area contributed by atoms with Crippen LogP contribution in [0.3, 0.4) is 0 Å². The van der Waals surface area contributed by atoms with Gasteiger partial charge in [-0.05, 0) is 85.6 Å². The summed E-state index contributed by atoms with van der Waals surface area (Å²) in [7, 11) is 0. The van der Waals surface area contributed by atoms with Crippen LogP contribution in [0.5, 0.6) is 0 Å². The predicted molar refractivity (Wildman–Crippen MR) is 226 cm³/mol. The van der Waals surface area contributed by atoms with Gasteiger partial charge in [-0.2, -0.15) is 0 Å². The molecule has 1 heterocycles. The molecule has 0 atom stereocenters. The number of nitrogens with zero attached hydrogens (tertiary/aromatic N) is 1. The van der Waals surface area contributed by atoms with Crippen LogP contribution >= 0.6 is 0 Å². The maximum absolute atomic E-state index is 6.99. The first-order valence-electron chi connectivity index (χ1n) is 19.0. The van der Waals surface area contributed by atoms with Crippen molar-refractivity contribution in [1.29, 1.82) is 0 Å². The molecule has 11 rings (SSSR count). The molecule has 54 heavy (non-hydrogen) atoms. The molecule has 2 aliphatic rings. The summed E-state index contributed by atoms with van der Waals surface area (Å²) in [6.07, 6.45) is 0. The van der Waals surface area contributed by atoms with E-state index < -0.39 is 0 Å². The van der Waals surface area contributed by atoms with Crippen LogP contribution in [-0.4, -0.2) is 0 Å². The second-order valence-electron chi connectivity index (χ2n) is 16.0. The molecular formula is C52H39NO. The number of furan rings is 1. The highest BCUT2D eigenvalue weighted by Gasteiger charge is 2.42. The molecule has 0 bridgehead atoms. The lowest BCUT2D eigenvalue weighted by Gasteiger charge is -2.34. The van der Waals surface area contributed by atoms with E-state index in [1.807, 2.05) is 0 Å². The van der Waals surface area contributed by atoms with E-state index in [4.69, 9.17) is 4.42 Å². The van der Waals surface area contributed by atoms with Crippen LogP contribution in [0.1, 0.15) is 49.9 Å². The van der Waals surface area contributed by atoms with E-state index in [1.165, 1.54) is 72.2 Å². The number of benzene rings is 8. The van der Waals surface area contributed by atoms with Crippen LogP contribution in [0, 0.1) is 0 Å². The average molecular weight is 694 g/mol. The van der Waals surface area contributed by atoms with Crippen LogP contribution in [0.4, 0.5) is 17.1 Å². The average Bonchev–Trinajstić information content (AvgIpc) is 3.79. The van der Waals surface area contributed by atoms with Crippen molar-refractivity contribution in [3.63, 3.8) is 0 Å². The van der Waals surface area contributed by atoms with Gasteiger partial charge >= 0.3 is 0 Å². The number of rotatable bonds is 4. The zero-order valence-corrected chi connectivity index (χ0v) is 30.9. The smallest absolute Gasteiger partial charge is 0.145 e. The second-order valence-corrected chi connectivity index (χ2v) is 16.0. The van der Waals surface area contributed by atoms with Gasteiger partial charge in [-0.3, -0.25) is 0 Å². The Bertz CT molecular complexity index is 3010. The molecular weight excluding hydrogens is 655 g/mol. The summed E-state index contributed by atoms with van der Waals surface area (Å²) in [6, 6.07) is 60.2. The quantitative estimate of drug-likeness (QED) is 0.182. The Hall–Kier alpha value is -6.38. The number of hydrogen-bond acceptors (Lipinski definition) is 2. The van der Waals surface area contributed by atoms with Crippen molar-refractivity contribution in [3.8, 4) is 33.4 Å². The highest BCUT2D eigenvalue weighted by Crippen LogP contribution is 2.59. The molecule has 0 aliphatic heterocycles. The van der Waals surface area contributed by atoms with Crippen molar-refractivity contribution >= 4 is 49.8 Å². The molecule has 0 amide bonds. The van der Waals surface area contributed by atoms with E-state index in [0.29, 0.717) is 0 Å². The van der Waals surface area contributed by atoms with Gasteiger partial charge in [0.25, 0.3) is 0 Å². The second kappa shape index (κ2) is 11.1. The first kappa shape index (κ1) is 31.2. The molecule has 0 unspecified atom stereocenters. The van der Waals surface area contributed by atoms with E-state index in [2.05, 4.69) is 196 Å². The van der Waals surface area contributed by atoms with Gasteiger partial charge in [0.2, 0.25) is 0 Å². The van der Waals surface area contributed by atoms with Crippen LogP contribution < -0.4 is 4.90 Å². The molecule has 0 spiro atoms. The molecule has 0 radical (unpaired) electrons. The molecule has 1 aromatic heterocycles. The molecule has 258 valence electrons. The zero-order valence-electron chi connectivity index (χ0n) is 30.9. The number of anilines is 3. The van der Waals surface area contributed by atoms with E-state index in [0.717, 1.165) is 33.2 Å². The van der Waals surface area contributed by atoms with Gasteiger partial charge < -0.3 is 9.32 Å². The molecule has 0 N–H and O–H groups in total. The minimum Gasteiger partial charge on any atom is -0.455 e. The highest BCUT2D eigenvalue weighted by molar-refractivity contribution is 6.19. The normalized spacial score (nSPS) is 14.6. The molecule has 8 aromatic carbocycles. The first-order chi connectivity index (χ1) is 26.3. The minimum atomic E-state index is -0.226. The summed E-state index contributed by atoms with van der Waals surface area (Å²) in [4.78, 5) is 2.57. The lowest BCUT2D eigenvalue weighted by atomic mass is 9.81. The van der Waals surface area contributed by atoms with E-state index in [9.17, 15) is 0 Å². The van der Waals surface area contributed by atoms with Gasteiger partial charge in [-0.1, -0.05) is 161 Å². The van der Waals surface area contributed by atoms with E-state index in [1.54, 1.807) is 0 Å². The Balaban J connectivity index is 1.28. The summed E-state index contributed by atoms with van der Waals surface area (Å²) in [6.45, 7) is 9.51. The Morgan fingerprint density at radius 3 is 1.85 bits per heavy atom. The lowest BCUT2D eigenvalue weighted by molar-refractivity contribution is 0.659. The minimum absolute atomic E-state index is 0.141. The summed E-state index contributed by atoms with van der Waals surface area (Å²) in [5, 5.41) is 4.65. The summed E-state index contributed by atoms with van der Waals surface area (Å²) < 4.78 is 6.99. The SMILES string of the molecule is CC1(C)c2ccccc2-c2c(N(c3cccc4c3C(C)(C)c3ccccc3-4)c3ccc(-c4cccc5ccccc45)c4oc5ccccc5c34)cccc21. The largest absolute Gasteiger partial charge is 0.455 e. The summed E-state index contributed by atoms with van der Waals surface area (Å²) in [5.41, 5.74) is 17.8. The van der Waals surface area contributed by atoms with Gasteiger partial charge in [0.1, 0.15) is 11.2 Å². The van der Waals surface area contributed by atoms with E-state index in [-0.39, 0.29) is 10.8 Å². The fraction of sp³-hybridized carbons (Fsp3) is 0.115. The van der Waals surface area contributed by atoms with E-state index >= 15 is 0 Å². The van der Waals surface area contributed by atoms with Crippen LogP contribution in [0.15, 0.2) is 168 Å². The standard InChI is InChI=1S/C52H39NO/c1-51(2)41-25-11-8-20-38(41)47-42(51)26-15-27-43(47)53(45-28-14-23-36-35-19-7-10-24-40(35)52(3,4)49(36)45)44-31-30-37(34-22-13-17-32-16-5-6-18-33(32)34)50-48(44)39-21-9-12-29-46(39)54-50/h5-31H,1-4H3. The number of para-hydroxylation sites is 1. The lowest BCUT2D eigenvalue weighted by Crippen LogP contribution is -2.21. The van der Waals surface area contributed by atoms with Crippen LogP contribution in [0.2, 0.25) is 0 Å². The van der Waals surface area contributed by atoms with Gasteiger partial charge in [0, 0.05) is 27.3 Å². The van der Waals surface area contributed by atoms with Crippen molar-refractivity contribution in [3.05, 3.63) is 186 Å². The molecule has 0 saturated carbocycles.